The molecule has 0 aliphatic rings. The van der Waals surface area contributed by atoms with Crippen LogP contribution in [-0.2, 0) is 9.53 Å². The van der Waals surface area contributed by atoms with E-state index in [9.17, 15) is 19.2 Å². The van der Waals surface area contributed by atoms with Gasteiger partial charge in [0, 0.05) is 21.2 Å². The van der Waals surface area contributed by atoms with Crippen LogP contribution >= 0.6 is 22.9 Å². The van der Waals surface area contributed by atoms with Crippen LogP contribution < -0.4 is 14.8 Å². The topological polar surface area (TPSA) is 111 Å². The molecule has 41 heavy (non-hydrogen) atoms. The monoisotopic (exact) mass is 590 g/mol. The Morgan fingerprint density at radius 2 is 1.63 bits per heavy atom. The van der Waals surface area contributed by atoms with Gasteiger partial charge in [-0.3, -0.25) is 10.1 Å². The molecule has 0 saturated heterocycles. The van der Waals surface area contributed by atoms with Crippen molar-refractivity contribution in [2.45, 2.75) is 0 Å². The summed E-state index contributed by atoms with van der Waals surface area (Å²) in [5.74, 6) is -0.568. The molecule has 2 heterocycles. The van der Waals surface area contributed by atoms with Crippen LogP contribution in [0.1, 0.15) is 15.2 Å². The third-order valence-corrected chi connectivity index (χ3v) is 7.75. The zero-order valence-corrected chi connectivity index (χ0v) is 23.2. The van der Waals surface area contributed by atoms with E-state index < -0.39 is 24.3 Å². The molecule has 0 atom stereocenters. The van der Waals surface area contributed by atoms with Crippen molar-refractivity contribution >= 4 is 50.8 Å². The third-order valence-electron chi connectivity index (χ3n) is 6.12. The number of carbonyl (C=O) groups excluding carboxylic acids is 2. The van der Waals surface area contributed by atoms with Crippen LogP contribution in [0.4, 0.5) is 10.3 Å². The molecule has 0 fully saturated rings. The van der Waals surface area contributed by atoms with Crippen molar-refractivity contribution in [1.29, 1.82) is 5.26 Å². The van der Waals surface area contributed by atoms with Crippen molar-refractivity contribution in [3.05, 3.63) is 88.0 Å². The van der Waals surface area contributed by atoms with Crippen LogP contribution in [0.5, 0.6) is 11.5 Å². The number of methoxy groups -OCH3 is 2. The van der Waals surface area contributed by atoms with E-state index in [1.807, 2.05) is 0 Å². The van der Waals surface area contributed by atoms with E-state index in [4.69, 9.17) is 30.2 Å². The van der Waals surface area contributed by atoms with E-state index in [0.29, 0.717) is 44.0 Å². The van der Waals surface area contributed by atoms with Gasteiger partial charge < -0.3 is 18.6 Å². The van der Waals surface area contributed by atoms with Gasteiger partial charge in [-0.2, -0.15) is 5.26 Å². The molecule has 5 aromatic rings. The summed E-state index contributed by atoms with van der Waals surface area (Å²) < 4.78 is 35.7. The number of esters is 1. The Labute approximate surface area is 242 Å². The molecule has 1 N–H and O–H groups in total. The van der Waals surface area contributed by atoms with Crippen molar-refractivity contribution in [3.63, 3.8) is 0 Å². The summed E-state index contributed by atoms with van der Waals surface area (Å²) in [6.45, 7) is -0.681. The fraction of sp³-hybridized carbons (Fsp3) is 0.100. The quantitative estimate of drug-likeness (QED) is 0.189. The molecule has 0 aliphatic heterocycles. The van der Waals surface area contributed by atoms with Gasteiger partial charge in [-0.05, 0) is 60.2 Å². The van der Waals surface area contributed by atoms with E-state index in [2.05, 4.69) is 11.4 Å². The summed E-state index contributed by atoms with van der Waals surface area (Å²) in [5.41, 5.74) is 1.82. The smallest absolute Gasteiger partial charge is 0.350 e. The van der Waals surface area contributed by atoms with Gasteiger partial charge in [0.2, 0.25) is 5.88 Å². The summed E-state index contributed by atoms with van der Waals surface area (Å²) in [6, 6.07) is 20.1. The molecular formula is C30H20ClFN2O6S. The minimum Gasteiger partial charge on any atom is -0.497 e. The summed E-state index contributed by atoms with van der Waals surface area (Å²) >= 11 is 7.24. The highest BCUT2D eigenvalue weighted by molar-refractivity contribution is 7.21. The van der Waals surface area contributed by atoms with Crippen molar-refractivity contribution in [1.82, 2.24) is 0 Å². The predicted molar refractivity (Wildman–Crippen MR) is 153 cm³/mol. The molecule has 206 valence electrons. The Morgan fingerprint density at radius 3 is 2.24 bits per heavy atom. The third kappa shape index (κ3) is 5.59. The van der Waals surface area contributed by atoms with Gasteiger partial charge in [0.25, 0.3) is 5.91 Å². The van der Waals surface area contributed by atoms with E-state index in [-0.39, 0.29) is 21.3 Å². The predicted octanol–water partition coefficient (Wildman–Crippen LogP) is 7.31. The lowest BCUT2D eigenvalue weighted by Gasteiger charge is -2.06. The van der Waals surface area contributed by atoms with Gasteiger partial charge >= 0.3 is 5.97 Å². The number of nitrogens with zero attached hydrogens (tertiary/aromatic N) is 1. The number of anilines is 1. The Morgan fingerprint density at radius 1 is 1.00 bits per heavy atom. The number of rotatable bonds is 8. The highest BCUT2D eigenvalue weighted by Gasteiger charge is 2.25. The second-order valence-electron chi connectivity index (χ2n) is 8.59. The molecule has 11 heteroatoms. The van der Waals surface area contributed by atoms with Gasteiger partial charge in [0.05, 0.1) is 19.2 Å². The van der Waals surface area contributed by atoms with Gasteiger partial charge in [0.1, 0.15) is 39.6 Å². The number of halogens is 2. The second-order valence-corrected chi connectivity index (χ2v) is 10.0. The molecule has 0 bridgehead atoms. The maximum atomic E-state index is 13.6. The second kappa shape index (κ2) is 11.7. The van der Waals surface area contributed by atoms with Crippen LogP contribution in [-0.4, -0.2) is 32.7 Å². The first kappa shape index (κ1) is 27.7. The van der Waals surface area contributed by atoms with E-state index in [0.717, 1.165) is 11.3 Å². The van der Waals surface area contributed by atoms with Crippen LogP contribution in [0.3, 0.4) is 0 Å². The highest BCUT2D eigenvalue weighted by Crippen LogP contribution is 2.42. The molecule has 0 unspecified atom stereocenters. The molecule has 0 radical (unpaired) electrons. The van der Waals surface area contributed by atoms with Crippen LogP contribution in [0.25, 0.3) is 32.5 Å². The lowest BCUT2D eigenvalue weighted by atomic mass is 9.98. The number of nitrogens with one attached hydrogen (secondary N) is 1. The van der Waals surface area contributed by atoms with E-state index in [1.165, 1.54) is 18.2 Å². The molecule has 2 aromatic heterocycles. The number of furan rings is 1. The maximum absolute atomic E-state index is 13.6. The number of ether oxygens (including phenoxy) is 3. The normalized spacial score (nSPS) is 10.7. The van der Waals surface area contributed by atoms with Crippen LogP contribution in [0.2, 0.25) is 5.02 Å². The SMILES string of the molecule is COc1ccc(-c2oc(NC(=O)COC(=O)c3sc4cc(F)ccc4c3Cl)c(C#N)c2-c2ccc(OC)cc2)cc1. The number of fused-ring (bicyclic) bond motifs is 1. The Bertz CT molecular complexity index is 1810. The van der Waals surface area contributed by atoms with Crippen LogP contribution in [0, 0.1) is 17.1 Å². The molecule has 5 rings (SSSR count). The van der Waals surface area contributed by atoms with E-state index in [1.54, 1.807) is 62.8 Å². The fourth-order valence-electron chi connectivity index (χ4n) is 4.13. The lowest BCUT2D eigenvalue weighted by molar-refractivity contribution is -0.119. The van der Waals surface area contributed by atoms with Crippen molar-refractivity contribution in [2.75, 3.05) is 26.1 Å². The lowest BCUT2D eigenvalue weighted by Crippen LogP contribution is -2.20. The van der Waals surface area contributed by atoms with Gasteiger partial charge in [-0.25, -0.2) is 9.18 Å². The number of hydrogen-bond acceptors (Lipinski definition) is 8. The van der Waals surface area contributed by atoms with Gasteiger partial charge in [-0.1, -0.05) is 23.7 Å². The minimum atomic E-state index is -0.843. The summed E-state index contributed by atoms with van der Waals surface area (Å²) in [5, 5.41) is 13.2. The molecule has 3 aromatic carbocycles. The molecular weight excluding hydrogens is 571 g/mol. The molecule has 0 saturated carbocycles. The average Bonchev–Trinajstić information content (AvgIpc) is 3.52. The first-order valence-electron chi connectivity index (χ1n) is 12.0. The van der Waals surface area contributed by atoms with Crippen molar-refractivity contribution < 1.29 is 32.6 Å². The van der Waals surface area contributed by atoms with Crippen molar-refractivity contribution in [3.8, 4) is 40.0 Å². The first-order chi connectivity index (χ1) is 19.8. The number of amides is 1. The Hall–Kier alpha value is -4.85. The molecule has 1 amide bonds. The zero-order chi connectivity index (χ0) is 29.1. The standard InChI is InChI=1S/C30H20ClFN2O6S/c1-37-19-8-3-16(4-9-19)25-22(14-33)29(40-27(25)17-5-10-20(38-2)11-6-17)34-24(35)15-39-30(36)28-26(31)21-12-7-18(32)13-23(21)41-28/h3-13H,15H2,1-2H3,(H,34,35). The molecule has 0 spiro atoms. The number of carbonyl (C=O) groups is 2. The number of hydrogen-bond donors (Lipinski definition) is 1. The van der Waals surface area contributed by atoms with Crippen molar-refractivity contribution in [2.24, 2.45) is 0 Å². The average molecular weight is 591 g/mol. The zero-order valence-electron chi connectivity index (χ0n) is 21.6. The number of thiophene rings is 1. The Balaban J connectivity index is 1.41. The number of nitriles is 1. The Kier molecular flexibility index (Phi) is 7.92. The van der Waals surface area contributed by atoms with E-state index >= 15 is 0 Å². The highest BCUT2D eigenvalue weighted by atomic mass is 35.5. The minimum absolute atomic E-state index is 0.0411. The molecule has 8 nitrogen and oxygen atoms in total. The largest absolute Gasteiger partial charge is 0.497 e. The number of benzene rings is 3. The van der Waals surface area contributed by atoms with Crippen LogP contribution in [0.15, 0.2) is 71.1 Å². The summed E-state index contributed by atoms with van der Waals surface area (Å²) in [6.07, 6.45) is 0. The van der Waals surface area contributed by atoms with Gasteiger partial charge in [0.15, 0.2) is 6.61 Å². The molecule has 0 aliphatic carbocycles. The summed E-state index contributed by atoms with van der Waals surface area (Å²) in [7, 11) is 3.10. The maximum Gasteiger partial charge on any atom is 0.350 e. The fourth-order valence-corrected chi connectivity index (χ4v) is 5.56. The van der Waals surface area contributed by atoms with Gasteiger partial charge in [-0.15, -0.1) is 11.3 Å². The first-order valence-corrected chi connectivity index (χ1v) is 13.2. The summed E-state index contributed by atoms with van der Waals surface area (Å²) in [4.78, 5) is 25.5.